The summed E-state index contributed by atoms with van der Waals surface area (Å²) in [7, 11) is -3.50. The first-order chi connectivity index (χ1) is 18.4. The highest BCUT2D eigenvalue weighted by Gasteiger charge is 2.47. The second-order valence-corrected chi connectivity index (χ2v) is 11.4. The zero-order valence-electron chi connectivity index (χ0n) is 21.9. The molecule has 39 heavy (non-hydrogen) atoms. The van der Waals surface area contributed by atoms with Gasteiger partial charge in [-0.3, -0.25) is 14.6 Å². The Morgan fingerprint density at radius 3 is 2.18 bits per heavy atom. The summed E-state index contributed by atoms with van der Waals surface area (Å²) in [6.45, 7) is 8.18. The number of urea groups is 1. The van der Waals surface area contributed by atoms with E-state index in [4.69, 9.17) is 0 Å². The summed E-state index contributed by atoms with van der Waals surface area (Å²) in [4.78, 5) is 38.9. The number of alkyl halides is 3. The van der Waals surface area contributed by atoms with Crippen LogP contribution in [-0.2, 0) is 14.6 Å². The summed E-state index contributed by atoms with van der Waals surface area (Å²) in [5, 5.41) is 0. The van der Waals surface area contributed by atoms with Crippen LogP contribution in [0.25, 0.3) is 0 Å². The first-order valence-corrected chi connectivity index (χ1v) is 14.1. The van der Waals surface area contributed by atoms with Crippen LogP contribution in [0.5, 0.6) is 0 Å². The Morgan fingerprint density at radius 1 is 1.00 bits per heavy atom. The number of nitrogens with zero attached hydrogens (tertiary/aromatic N) is 6. The van der Waals surface area contributed by atoms with Gasteiger partial charge in [0.15, 0.2) is 0 Å². The number of anilines is 2. The van der Waals surface area contributed by atoms with E-state index in [0.29, 0.717) is 13.1 Å². The number of hydrogen-bond acceptors (Lipinski definition) is 8. The van der Waals surface area contributed by atoms with Crippen LogP contribution in [0.15, 0.2) is 47.5 Å². The minimum atomic E-state index is -5.56. The fourth-order valence-corrected chi connectivity index (χ4v) is 5.59. The maximum absolute atomic E-state index is 13.6. The lowest BCUT2D eigenvalue weighted by atomic mass is 10.1. The van der Waals surface area contributed by atoms with Crippen molar-refractivity contribution in [1.82, 2.24) is 19.7 Å². The number of imide groups is 1. The van der Waals surface area contributed by atoms with Crippen LogP contribution < -0.4 is 9.80 Å². The van der Waals surface area contributed by atoms with Crippen molar-refractivity contribution in [2.24, 2.45) is 0 Å². The molecule has 0 aliphatic carbocycles. The molecule has 10 nitrogen and oxygen atoms in total. The molecule has 0 saturated carbocycles. The average molecular weight is 569 g/mol. The van der Waals surface area contributed by atoms with Crippen molar-refractivity contribution >= 4 is 33.3 Å². The molecule has 3 amide bonds. The molecule has 14 heteroatoms. The van der Waals surface area contributed by atoms with Crippen molar-refractivity contribution in [3.63, 3.8) is 0 Å². The SMILES string of the molecule is CCN(CC)C(c1ccnc(N2CCN(C)CC2)c1)N1CC(=O)N(c2ccc(S(=O)(=O)C(F)(F)F)cc2)C1=O. The van der Waals surface area contributed by atoms with E-state index in [-0.39, 0.29) is 12.2 Å². The predicted octanol–water partition coefficient (Wildman–Crippen LogP) is 2.94. The molecule has 0 N–H and O–H groups in total. The highest BCUT2D eigenvalue weighted by atomic mass is 32.2. The summed E-state index contributed by atoms with van der Waals surface area (Å²) in [5.41, 5.74) is -4.70. The number of benzene rings is 1. The molecule has 4 rings (SSSR count). The summed E-state index contributed by atoms with van der Waals surface area (Å²) < 4.78 is 62.2. The maximum Gasteiger partial charge on any atom is 0.501 e. The number of halogens is 3. The number of aromatic nitrogens is 1. The van der Waals surface area contributed by atoms with Crippen molar-refractivity contribution in [3.05, 3.63) is 48.2 Å². The first kappa shape index (κ1) is 28.8. The van der Waals surface area contributed by atoms with Crippen molar-refractivity contribution in [1.29, 1.82) is 0 Å². The molecule has 2 aromatic rings. The molecule has 0 spiro atoms. The van der Waals surface area contributed by atoms with Gasteiger partial charge in [-0.1, -0.05) is 13.8 Å². The van der Waals surface area contributed by atoms with Gasteiger partial charge < -0.3 is 9.80 Å². The molecule has 0 radical (unpaired) electrons. The Labute approximate surface area is 225 Å². The fourth-order valence-electron chi connectivity index (χ4n) is 4.83. The van der Waals surface area contributed by atoms with Gasteiger partial charge in [0.1, 0.15) is 18.5 Å². The Morgan fingerprint density at radius 2 is 1.62 bits per heavy atom. The van der Waals surface area contributed by atoms with Crippen LogP contribution in [-0.4, -0.2) is 98.4 Å². The number of piperazine rings is 1. The third-order valence-corrected chi connectivity index (χ3v) is 8.55. The van der Waals surface area contributed by atoms with E-state index >= 15 is 0 Å². The molecule has 2 aliphatic heterocycles. The standard InChI is InChI=1S/C25H31F3N6O4S/c1-4-31(5-2)23(18-10-11-29-21(16-18)32-14-12-30(3)13-15-32)33-17-22(35)34(24(33)36)19-6-8-20(9-7-19)39(37,38)25(26,27)28/h6-11,16,23H,4-5,12-15,17H2,1-3H3. The van der Waals surface area contributed by atoms with Gasteiger partial charge in [-0.25, -0.2) is 23.1 Å². The second-order valence-electron chi connectivity index (χ2n) is 9.42. The summed E-state index contributed by atoms with van der Waals surface area (Å²) >= 11 is 0. The van der Waals surface area contributed by atoms with E-state index in [1.165, 1.54) is 4.90 Å². The normalized spacial score (nSPS) is 18.4. The molecule has 0 bridgehead atoms. The molecule has 1 atom stereocenters. The number of hydrogen-bond donors (Lipinski definition) is 0. The third-order valence-electron chi connectivity index (χ3n) is 7.05. The third kappa shape index (κ3) is 5.58. The van der Waals surface area contributed by atoms with Crippen LogP contribution in [0.4, 0.5) is 29.5 Å². The number of pyridine rings is 1. The van der Waals surface area contributed by atoms with Crippen LogP contribution in [0, 0.1) is 0 Å². The van der Waals surface area contributed by atoms with Crippen molar-refractivity contribution in [2.75, 3.05) is 62.7 Å². The highest BCUT2D eigenvalue weighted by Crippen LogP contribution is 2.35. The van der Waals surface area contributed by atoms with Crippen molar-refractivity contribution < 1.29 is 31.2 Å². The van der Waals surface area contributed by atoms with Crippen molar-refractivity contribution in [3.8, 4) is 0 Å². The minimum Gasteiger partial charge on any atom is -0.354 e. The van der Waals surface area contributed by atoms with Crippen LogP contribution in [0.1, 0.15) is 25.6 Å². The number of carbonyl (C=O) groups is 2. The van der Waals surface area contributed by atoms with Gasteiger partial charge in [0.2, 0.25) is 0 Å². The quantitative estimate of drug-likeness (QED) is 0.449. The Balaban J connectivity index is 1.64. The molecule has 1 aromatic heterocycles. The lowest BCUT2D eigenvalue weighted by Gasteiger charge is -2.37. The monoisotopic (exact) mass is 568 g/mol. The molecule has 2 saturated heterocycles. The van der Waals surface area contributed by atoms with E-state index in [1.54, 1.807) is 12.3 Å². The van der Waals surface area contributed by atoms with Crippen molar-refractivity contribution in [2.45, 2.75) is 30.4 Å². The molecule has 2 fully saturated rings. The summed E-state index contributed by atoms with van der Waals surface area (Å²) in [6, 6.07) is 6.62. The van der Waals surface area contributed by atoms with Crippen LogP contribution in [0.3, 0.4) is 0 Å². The Kier molecular flexibility index (Phi) is 8.19. The van der Waals surface area contributed by atoms with Gasteiger partial charge in [-0.05, 0) is 62.1 Å². The number of rotatable bonds is 8. The smallest absolute Gasteiger partial charge is 0.354 e. The molecule has 3 heterocycles. The maximum atomic E-state index is 13.6. The second kappa shape index (κ2) is 11.1. The number of likely N-dealkylation sites (N-methyl/N-ethyl adjacent to an activating group) is 1. The molecular weight excluding hydrogens is 537 g/mol. The van der Waals surface area contributed by atoms with Gasteiger partial charge in [-0.2, -0.15) is 13.2 Å². The van der Waals surface area contributed by atoms with Gasteiger partial charge >= 0.3 is 11.5 Å². The fraction of sp³-hybridized carbons (Fsp3) is 0.480. The number of sulfone groups is 1. The largest absolute Gasteiger partial charge is 0.501 e. The lowest BCUT2D eigenvalue weighted by Crippen LogP contribution is -2.45. The first-order valence-electron chi connectivity index (χ1n) is 12.6. The minimum absolute atomic E-state index is 0.0141. The van der Waals surface area contributed by atoms with E-state index in [2.05, 4.69) is 21.8 Å². The zero-order chi connectivity index (χ0) is 28.5. The average Bonchev–Trinajstić information content (AvgIpc) is 3.20. The zero-order valence-corrected chi connectivity index (χ0v) is 22.7. The lowest BCUT2D eigenvalue weighted by molar-refractivity contribution is -0.117. The van der Waals surface area contributed by atoms with E-state index in [9.17, 15) is 31.2 Å². The molecule has 1 unspecified atom stereocenters. The van der Waals surface area contributed by atoms with Gasteiger partial charge in [-0.15, -0.1) is 0 Å². The Bertz CT molecular complexity index is 1310. The summed E-state index contributed by atoms with van der Waals surface area (Å²) in [6.07, 6.45) is 1.08. The molecule has 2 aliphatic rings. The van der Waals surface area contributed by atoms with E-state index in [0.717, 1.165) is 66.7 Å². The number of carbonyl (C=O) groups excluding carboxylic acids is 2. The molecule has 212 valence electrons. The van der Waals surface area contributed by atoms with Gasteiger partial charge in [0, 0.05) is 32.4 Å². The van der Waals surface area contributed by atoms with E-state index < -0.39 is 38.3 Å². The highest BCUT2D eigenvalue weighted by molar-refractivity contribution is 7.92. The topological polar surface area (TPSA) is 97.4 Å². The summed E-state index contributed by atoms with van der Waals surface area (Å²) in [5.74, 6) is 0.200. The van der Waals surface area contributed by atoms with E-state index in [1.807, 2.05) is 24.8 Å². The number of amides is 3. The molecule has 1 aromatic carbocycles. The van der Waals surface area contributed by atoms with Crippen LogP contribution >= 0.6 is 0 Å². The van der Waals surface area contributed by atoms with Crippen LogP contribution in [0.2, 0.25) is 0 Å². The predicted molar refractivity (Wildman–Crippen MR) is 139 cm³/mol. The van der Waals surface area contributed by atoms with Gasteiger partial charge in [0.05, 0.1) is 10.6 Å². The van der Waals surface area contributed by atoms with Gasteiger partial charge in [0.25, 0.3) is 15.7 Å². The molecular formula is C25H31F3N6O4S. The Hall–Kier alpha value is -3.23.